The highest BCUT2D eigenvalue weighted by molar-refractivity contribution is 6.32. The molecule has 6 heteroatoms. The van der Waals surface area contributed by atoms with Crippen molar-refractivity contribution >= 4 is 19.2 Å². The molecule has 2 aromatic rings. The van der Waals surface area contributed by atoms with Gasteiger partial charge in [-0.05, 0) is 44.2 Å². The number of amides is 1. The number of nitrogens with one attached hydrogen (secondary N) is 1. The fourth-order valence-electron chi connectivity index (χ4n) is 3.03. The summed E-state index contributed by atoms with van der Waals surface area (Å²) in [5, 5.41) is 2.93. The van der Waals surface area contributed by atoms with Crippen molar-refractivity contribution in [3.05, 3.63) is 46.8 Å². The van der Waals surface area contributed by atoms with Crippen molar-refractivity contribution in [2.75, 3.05) is 7.11 Å². The quantitative estimate of drug-likeness (QED) is 0.839. The molecule has 0 spiro atoms. The third kappa shape index (κ3) is 3.69. The molecule has 134 valence electrons. The van der Waals surface area contributed by atoms with Crippen LogP contribution in [0.3, 0.4) is 0 Å². The van der Waals surface area contributed by atoms with Gasteiger partial charge in [0.2, 0.25) is 0 Å². The second-order valence-corrected chi connectivity index (χ2v) is 6.67. The lowest BCUT2D eigenvalue weighted by atomic mass is 9.92. The lowest BCUT2D eigenvalue weighted by Crippen LogP contribution is -2.39. The molecule has 0 bridgehead atoms. The molecule has 1 amide bonds. The van der Waals surface area contributed by atoms with Crippen molar-refractivity contribution in [1.82, 2.24) is 5.32 Å². The Morgan fingerprint density at radius 2 is 1.81 bits per heavy atom. The van der Waals surface area contributed by atoms with Crippen LogP contribution in [0.4, 0.5) is 4.39 Å². The molecular formula is C20H21BFNO3. The maximum Gasteiger partial charge on any atom is 0.255 e. The maximum absolute atomic E-state index is 14.5. The summed E-state index contributed by atoms with van der Waals surface area (Å²) in [4.78, 5) is 12.5. The highest BCUT2D eigenvalue weighted by Gasteiger charge is 2.24. The minimum atomic E-state index is -0.599. The molecule has 1 fully saturated rings. The molecule has 0 heterocycles. The first-order valence-corrected chi connectivity index (χ1v) is 8.62. The lowest BCUT2D eigenvalue weighted by Gasteiger charge is -2.26. The Labute approximate surface area is 154 Å². The van der Waals surface area contributed by atoms with E-state index in [0.29, 0.717) is 11.2 Å². The third-order valence-electron chi connectivity index (χ3n) is 4.63. The van der Waals surface area contributed by atoms with Crippen molar-refractivity contribution in [1.29, 1.82) is 0 Å². The molecule has 2 radical (unpaired) electrons. The average molecular weight is 353 g/mol. The highest BCUT2D eigenvalue weighted by Crippen LogP contribution is 2.34. The molecule has 3 rings (SSSR count). The molecule has 1 aliphatic rings. The zero-order valence-electron chi connectivity index (χ0n) is 15.2. The number of aryl methyl sites for hydroxylation is 2. The number of ether oxygens (including phenoxy) is 2. The van der Waals surface area contributed by atoms with E-state index in [9.17, 15) is 9.18 Å². The summed E-state index contributed by atoms with van der Waals surface area (Å²) < 4.78 is 25.5. The van der Waals surface area contributed by atoms with Gasteiger partial charge in [0.1, 0.15) is 19.3 Å². The monoisotopic (exact) mass is 353 g/mol. The summed E-state index contributed by atoms with van der Waals surface area (Å²) in [6, 6.07) is 6.25. The number of halogens is 1. The van der Waals surface area contributed by atoms with Gasteiger partial charge in [-0.15, -0.1) is 0 Å². The largest absolute Gasteiger partial charge is 0.496 e. The summed E-state index contributed by atoms with van der Waals surface area (Å²) in [6.07, 6.45) is 3.03. The van der Waals surface area contributed by atoms with Crippen LogP contribution in [0.5, 0.6) is 17.2 Å². The predicted octanol–water partition coefficient (Wildman–Crippen LogP) is 3.32. The molecule has 1 saturated carbocycles. The summed E-state index contributed by atoms with van der Waals surface area (Å²) in [6.45, 7) is 3.68. The Morgan fingerprint density at radius 3 is 2.35 bits per heavy atom. The third-order valence-corrected chi connectivity index (χ3v) is 4.63. The fraction of sp³-hybridized carbons (Fsp3) is 0.350. The van der Waals surface area contributed by atoms with Crippen LogP contribution in [-0.2, 0) is 0 Å². The lowest BCUT2D eigenvalue weighted by molar-refractivity contribution is 0.0913. The minimum Gasteiger partial charge on any atom is -0.496 e. The van der Waals surface area contributed by atoms with Crippen LogP contribution in [0, 0.1) is 19.7 Å². The molecule has 1 N–H and O–H groups in total. The summed E-state index contributed by atoms with van der Waals surface area (Å²) >= 11 is 0. The highest BCUT2D eigenvalue weighted by atomic mass is 19.1. The molecule has 0 unspecified atom stereocenters. The van der Waals surface area contributed by atoms with Gasteiger partial charge >= 0.3 is 0 Å². The van der Waals surface area contributed by atoms with Gasteiger partial charge in [-0.2, -0.15) is 0 Å². The van der Waals surface area contributed by atoms with Gasteiger partial charge in [0.15, 0.2) is 11.6 Å². The second-order valence-electron chi connectivity index (χ2n) is 6.67. The van der Waals surface area contributed by atoms with Crippen molar-refractivity contribution in [3.63, 3.8) is 0 Å². The topological polar surface area (TPSA) is 47.6 Å². The molecule has 0 aliphatic heterocycles. The van der Waals surface area contributed by atoms with Crippen LogP contribution in [0.15, 0.2) is 24.3 Å². The average Bonchev–Trinajstić information content (AvgIpc) is 2.54. The molecule has 4 nitrogen and oxygen atoms in total. The van der Waals surface area contributed by atoms with Crippen molar-refractivity contribution in [2.45, 2.75) is 39.2 Å². The first-order chi connectivity index (χ1) is 12.4. The molecule has 0 atom stereocenters. The number of benzene rings is 2. The number of methoxy groups -OCH3 is 1. The fourth-order valence-corrected chi connectivity index (χ4v) is 3.03. The van der Waals surface area contributed by atoms with Gasteiger partial charge in [0.25, 0.3) is 5.91 Å². The Bertz CT molecular complexity index is 826. The number of hydrogen-bond donors (Lipinski definition) is 1. The Kier molecular flexibility index (Phi) is 5.21. The zero-order chi connectivity index (χ0) is 18.8. The second kappa shape index (κ2) is 7.40. The summed E-state index contributed by atoms with van der Waals surface area (Å²) in [5.74, 6) is -0.216. The molecule has 1 aliphatic carbocycles. The van der Waals surface area contributed by atoms with Gasteiger partial charge in [-0.1, -0.05) is 17.6 Å². The predicted molar refractivity (Wildman–Crippen MR) is 99.4 cm³/mol. The van der Waals surface area contributed by atoms with Crippen molar-refractivity contribution in [2.24, 2.45) is 0 Å². The van der Waals surface area contributed by atoms with Crippen LogP contribution in [0.1, 0.15) is 40.7 Å². The van der Waals surface area contributed by atoms with Gasteiger partial charge in [0.05, 0.1) is 12.7 Å². The summed E-state index contributed by atoms with van der Waals surface area (Å²) in [5.41, 5.74) is 2.45. The van der Waals surface area contributed by atoms with E-state index in [4.69, 9.17) is 17.3 Å². The van der Waals surface area contributed by atoms with E-state index in [0.717, 1.165) is 30.4 Å². The number of carbonyl (C=O) groups excluding carboxylic acids is 1. The number of hydrogen-bond acceptors (Lipinski definition) is 3. The van der Waals surface area contributed by atoms with E-state index < -0.39 is 5.82 Å². The SMILES string of the molecule is [B]c1cc(C)c(Oc2cc(C(=O)NC3CCC3)c(OC)cc2F)c(C)c1. The maximum atomic E-state index is 14.5. The van der Waals surface area contributed by atoms with Gasteiger partial charge in [0, 0.05) is 18.2 Å². The van der Waals surface area contributed by atoms with Crippen LogP contribution in [0.2, 0.25) is 0 Å². The standard InChI is InChI=1S/C20H21BFNO3/c1-11-7-13(21)8-12(2)19(11)26-18-9-15(17(25-3)10-16(18)22)20(24)23-14-5-4-6-14/h7-10,14H,4-6H2,1-3H3,(H,23,24). The van der Waals surface area contributed by atoms with Crippen molar-refractivity contribution < 1.29 is 18.7 Å². The molecule has 0 saturated heterocycles. The minimum absolute atomic E-state index is 0.0273. The van der Waals surface area contributed by atoms with Gasteiger partial charge in [-0.3, -0.25) is 4.79 Å². The van der Waals surface area contributed by atoms with E-state index in [1.807, 2.05) is 13.8 Å². The van der Waals surface area contributed by atoms with Crippen molar-refractivity contribution in [3.8, 4) is 17.2 Å². The van der Waals surface area contributed by atoms with Gasteiger partial charge < -0.3 is 14.8 Å². The molecule has 2 aromatic carbocycles. The Morgan fingerprint density at radius 1 is 1.15 bits per heavy atom. The van der Waals surface area contributed by atoms with Gasteiger partial charge in [-0.25, -0.2) is 4.39 Å². The van der Waals surface area contributed by atoms with E-state index in [2.05, 4.69) is 5.32 Å². The number of rotatable bonds is 5. The first-order valence-electron chi connectivity index (χ1n) is 8.62. The first kappa shape index (κ1) is 18.3. The molecular weight excluding hydrogens is 332 g/mol. The van der Waals surface area contributed by atoms with E-state index in [1.54, 1.807) is 12.1 Å². The van der Waals surface area contributed by atoms with E-state index in [1.165, 1.54) is 19.2 Å². The normalized spacial score (nSPS) is 13.8. The summed E-state index contributed by atoms with van der Waals surface area (Å²) in [7, 11) is 7.23. The smallest absolute Gasteiger partial charge is 0.255 e. The Hall–Kier alpha value is -2.50. The van der Waals surface area contributed by atoms with E-state index >= 15 is 0 Å². The van der Waals surface area contributed by atoms with Crippen LogP contribution in [-0.4, -0.2) is 26.9 Å². The Balaban J connectivity index is 1.94. The number of carbonyl (C=O) groups is 1. The molecule has 26 heavy (non-hydrogen) atoms. The molecule has 0 aromatic heterocycles. The van der Waals surface area contributed by atoms with E-state index in [-0.39, 0.29) is 29.0 Å². The van der Waals surface area contributed by atoms with Crippen LogP contribution in [0.25, 0.3) is 0 Å². The zero-order valence-corrected chi connectivity index (χ0v) is 15.2. The van der Waals surface area contributed by atoms with Crippen LogP contribution >= 0.6 is 0 Å². The van der Waals surface area contributed by atoms with Crippen LogP contribution < -0.4 is 20.3 Å².